The molecule has 0 fully saturated rings. The van der Waals surface area contributed by atoms with Gasteiger partial charge < -0.3 is 4.42 Å². The Bertz CT molecular complexity index is 3040. The molecule has 7 heteroatoms. The average Bonchev–Trinajstić information content (AvgIpc) is 3.52. The first-order valence-electron chi connectivity index (χ1n) is 17.1. The lowest BCUT2D eigenvalue weighted by Gasteiger charge is -2.42. The molecule has 53 heavy (non-hydrogen) atoms. The first-order chi connectivity index (χ1) is 25.4. The predicted octanol–water partition coefficient (Wildman–Crippen LogP) is 15.9. The largest absolute Gasteiger partial charge is 0.456 e. The fraction of sp³-hybridized carbons (Fsp3) is 0. The zero-order chi connectivity index (χ0) is 36.2. The molecule has 258 valence electrons. The molecule has 0 aliphatic carbocycles. The summed E-state index contributed by atoms with van der Waals surface area (Å²) in [5, 5.41) is 5.23. The van der Waals surface area contributed by atoms with Crippen LogP contribution in [-0.4, -0.2) is 0 Å². The summed E-state index contributed by atoms with van der Waals surface area (Å²) in [6.07, 6.45) is 0. The maximum Gasteiger partial charge on any atom is 0.311 e. The van der Waals surface area contributed by atoms with Crippen LogP contribution in [0.4, 0.5) is 19.4 Å². The van der Waals surface area contributed by atoms with Crippen molar-refractivity contribution in [2.75, 3.05) is 0 Å². The van der Waals surface area contributed by atoms with E-state index in [1.807, 2.05) is 36.4 Å². The van der Waals surface area contributed by atoms with Crippen LogP contribution in [0.2, 0.25) is 0 Å². The minimum atomic E-state index is -10.1. The molecule has 0 saturated heterocycles. The van der Waals surface area contributed by atoms with Gasteiger partial charge in [-0.3, -0.25) is 0 Å². The van der Waals surface area contributed by atoms with Gasteiger partial charge in [-0.05, 0) is 90.0 Å². The summed E-state index contributed by atoms with van der Waals surface area (Å²) in [5.41, 5.74) is 6.68. The van der Waals surface area contributed by atoms with E-state index in [1.165, 1.54) is 29.8 Å². The number of benzene rings is 9. The second-order valence-electron chi connectivity index (χ2n) is 13.5. The summed E-state index contributed by atoms with van der Waals surface area (Å²) in [6.45, 7) is 0. The quantitative estimate of drug-likeness (QED) is 0.130. The van der Waals surface area contributed by atoms with Crippen LogP contribution in [0.1, 0.15) is 0 Å². The average molecular weight is 723 g/mol. The van der Waals surface area contributed by atoms with Gasteiger partial charge in [0.25, 0.3) is 0 Å². The van der Waals surface area contributed by atoms with Crippen molar-refractivity contribution in [1.29, 1.82) is 0 Å². The van der Waals surface area contributed by atoms with E-state index in [1.54, 1.807) is 24.3 Å². The normalized spacial score (nSPS) is 13.7. The minimum absolute atomic E-state index is 0.0987. The Kier molecular flexibility index (Phi) is 6.22. The summed E-state index contributed by atoms with van der Waals surface area (Å²) >= 11 is 0. The molecule has 1 heterocycles. The first kappa shape index (κ1) is 31.5. The molecule has 0 atom stereocenters. The lowest BCUT2D eigenvalue weighted by Crippen LogP contribution is -2.08. The van der Waals surface area contributed by atoms with E-state index in [0.717, 1.165) is 61.1 Å². The monoisotopic (exact) mass is 722 g/mol. The molecule has 0 amide bonds. The molecule has 0 aliphatic rings. The molecule has 0 unspecified atom stereocenters. The van der Waals surface area contributed by atoms with Crippen LogP contribution >= 0.6 is 10.2 Å². The SMILES string of the molecule is FS(F)(F)(F)(F)c1c2ccccc2c(-c2ccc3oc4cc(-c5c6ccccc6c(-c6ccccc6)c6ccccc56)ccc4c3c2)c2ccccc12. The Balaban J connectivity index is 1.20. The topological polar surface area (TPSA) is 13.1 Å². The fourth-order valence-corrected chi connectivity index (χ4v) is 9.45. The molecule has 10 aromatic rings. The smallest absolute Gasteiger partial charge is 0.311 e. The fourth-order valence-electron chi connectivity index (χ4n) is 8.26. The van der Waals surface area contributed by atoms with Crippen molar-refractivity contribution >= 4 is 75.3 Å². The Hall–Kier alpha value is -6.18. The van der Waals surface area contributed by atoms with E-state index >= 15 is 0 Å². The van der Waals surface area contributed by atoms with Gasteiger partial charge in [0.15, 0.2) is 0 Å². The minimum Gasteiger partial charge on any atom is -0.456 e. The molecule has 10 rings (SSSR count). The third-order valence-corrected chi connectivity index (χ3v) is 11.5. The number of hydrogen-bond acceptors (Lipinski definition) is 1. The second kappa shape index (κ2) is 10.5. The lowest BCUT2D eigenvalue weighted by molar-refractivity contribution is 0.367. The van der Waals surface area contributed by atoms with Crippen LogP contribution in [0, 0.1) is 0 Å². The van der Waals surface area contributed by atoms with Crippen LogP contribution < -0.4 is 0 Å². The van der Waals surface area contributed by atoms with E-state index in [4.69, 9.17) is 4.42 Å². The summed E-state index contributed by atoms with van der Waals surface area (Å²) in [5.74, 6) is 0. The maximum atomic E-state index is 14.7. The van der Waals surface area contributed by atoms with Gasteiger partial charge in [0.05, 0.1) is 0 Å². The van der Waals surface area contributed by atoms with Gasteiger partial charge in [-0.15, -0.1) is 0 Å². The number of halogens is 5. The summed E-state index contributed by atoms with van der Waals surface area (Å²) < 4.78 is 79.9. The zero-order valence-electron chi connectivity index (χ0n) is 27.8. The molecule has 1 aromatic heterocycles. The van der Waals surface area contributed by atoms with Crippen LogP contribution in [0.5, 0.6) is 0 Å². The van der Waals surface area contributed by atoms with Gasteiger partial charge in [0.1, 0.15) is 16.1 Å². The van der Waals surface area contributed by atoms with Gasteiger partial charge >= 0.3 is 10.2 Å². The lowest BCUT2D eigenvalue weighted by atomic mass is 9.86. The van der Waals surface area contributed by atoms with Crippen LogP contribution in [0.15, 0.2) is 173 Å². The first-order valence-corrected chi connectivity index (χ1v) is 19.0. The van der Waals surface area contributed by atoms with Gasteiger partial charge in [0.2, 0.25) is 0 Å². The van der Waals surface area contributed by atoms with Crippen molar-refractivity contribution in [2.45, 2.75) is 4.90 Å². The van der Waals surface area contributed by atoms with E-state index in [9.17, 15) is 19.4 Å². The molecule has 0 spiro atoms. The highest BCUT2D eigenvalue weighted by atomic mass is 32.5. The molecule has 0 aliphatic heterocycles. The number of fused-ring (bicyclic) bond motifs is 7. The standard InChI is InChI=1S/C46H27F5OS/c47-53(48,49,50,51)46-38-20-10-8-18-36(38)44(37-19-9-11-21-39(37)46)29-23-25-41-40(26-29)31-24-22-30(27-42(31)52-41)45-34-16-6-4-14-32(34)43(28-12-2-1-3-13-28)33-15-5-7-17-35(33)45/h1-27H. The Morgan fingerprint density at radius 2 is 0.698 bits per heavy atom. The van der Waals surface area contributed by atoms with Crippen molar-refractivity contribution in [3.05, 3.63) is 164 Å². The van der Waals surface area contributed by atoms with Crippen molar-refractivity contribution in [3.63, 3.8) is 0 Å². The summed E-state index contributed by atoms with van der Waals surface area (Å²) in [4.78, 5) is -1.85. The van der Waals surface area contributed by atoms with Gasteiger partial charge in [-0.2, -0.15) is 0 Å². The molecular formula is C46H27F5OS. The molecule has 0 radical (unpaired) electrons. The van der Waals surface area contributed by atoms with Crippen molar-refractivity contribution in [1.82, 2.24) is 0 Å². The summed E-state index contributed by atoms with van der Waals surface area (Å²) in [7, 11) is -10.1. The van der Waals surface area contributed by atoms with Crippen molar-refractivity contribution < 1.29 is 23.8 Å². The van der Waals surface area contributed by atoms with Crippen molar-refractivity contribution in [2.24, 2.45) is 0 Å². The van der Waals surface area contributed by atoms with Crippen molar-refractivity contribution in [3.8, 4) is 33.4 Å². The maximum absolute atomic E-state index is 14.7. The van der Waals surface area contributed by atoms with Crippen LogP contribution in [0.25, 0.3) is 98.4 Å². The third-order valence-electron chi connectivity index (χ3n) is 10.3. The number of hydrogen-bond donors (Lipinski definition) is 0. The Morgan fingerprint density at radius 3 is 1.19 bits per heavy atom. The van der Waals surface area contributed by atoms with Gasteiger partial charge in [0, 0.05) is 21.5 Å². The van der Waals surface area contributed by atoms with E-state index in [0.29, 0.717) is 22.3 Å². The van der Waals surface area contributed by atoms with Crippen LogP contribution in [0.3, 0.4) is 0 Å². The third kappa shape index (κ3) is 4.91. The summed E-state index contributed by atoms with van der Waals surface area (Å²) in [6, 6.07) is 49.9. The molecule has 0 saturated carbocycles. The number of furan rings is 1. The molecule has 0 bridgehead atoms. The highest BCUT2D eigenvalue weighted by Crippen LogP contribution is 3.03. The van der Waals surface area contributed by atoms with E-state index < -0.39 is 25.9 Å². The predicted molar refractivity (Wildman–Crippen MR) is 211 cm³/mol. The highest BCUT2D eigenvalue weighted by molar-refractivity contribution is 8.46. The van der Waals surface area contributed by atoms with E-state index in [2.05, 4.69) is 66.7 Å². The van der Waals surface area contributed by atoms with Crippen LogP contribution in [-0.2, 0) is 0 Å². The van der Waals surface area contributed by atoms with Gasteiger partial charge in [-0.1, -0.05) is 159 Å². The number of rotatable bonds is 4. The Labute approximate surface area is 300 Å². The Morgan fingerprint density at radius 1 is 0.302 bits per heavy atom. The molecular weight excluding hydrogens is 696 g/mol. The van der Waals surface area contributed by atoms with E-state index in [-0.39, 0.29) is 10.8 Å². The molecule has 0 N–H and O–H groups in total. The zero-order valence-corrected chi connectivity index (χ0v) is 28.6. The molecule has 9 aromatic carbocycles. The molecule has 1 nitrogen and oxygen atoms in total. The highest BCUT2D eigenvalue weighted by Gasteiger charge is 2.67. The second-order valence-corrected chi connectivity index (χ2v) is 15.8. The van der Waals surface area contributed by atoms with Gasteiger partial charge in [-0.25, -0.2) is 0 Å².